The highest BCUT2D eigenvalue weighted by Gasteiger charge is 2.46. The Morgan fingerprint density at radius 2 is 1.80 bits per heavy atom. The van der Waals surface area contributed by atoms with E-state index < -0.39 is 17.7 Å². The van der Waals surface area contributed by atoms with Crippen molar-refractivity contribution in [2.45, 2.75) is 33.2 Å². The Hall–Kier alpha value is -2.99. The summed E-state index contributed by atoms with van der Waals surface area (Å²) in [5.41, 5.74) is 2.26. The third-order valence-corrected chi connectivity index (χ3v) is 5.76. The van der Waals surface area contributed by atoms with E-state index in [0.717, 1.165) is 31.6 Å². The maximum absolute atomic E-state index is 12.9. The summed E-state index contributed by atoms with van der Waals surface area (Å²) in [4.78, 5) is 33.3. The lowest BCUT2D eigenvalue weighted by molar-refractivity contribution is -0.896. The lowest BCUT2D eigenvalue weighted by Crippen LogP contribution is -3.11. The molecule has 0 saturated carbocycles. The van der Waals surface area contributed by atoms with Crippen molar-refractivity contribution in [1.82, 2.24) is 9.88 Å². The topological polar surface area (TPSA) is 74.9 Å². The number of ketones is 1. The SMILES string of the molecule is CC[NH+](CC)CCCN1C(=O)C(=O)/C(=C(\O)c2ccc(C)cc2)[C@@H]1c1ccccn1. The molecule has 2 N–H and O–H groups in total. The molecule has 3 rings (SSSR count). The zero-order chi connectivity index (χ0) is 21.7. The third kappa shape index (κ3) is 4.44. The molecule has 1 atom stereocenters. The molecule has 0 spiro atoms. The first-order chi connectivity index (χ1) is 14.5. The number of nitrogens with one attached hydrogen (secondary N) is 1. The summed E-state index contributed by atoms with van der Waals surface area (Å²) in [5, 5.41) is 11.0. The van der Waals surface area contributed by atoms with Crippen molar-refractivity contribution in [3.63, 3.8) is 0 Å². The fraction of sp³-hybridized carbons (Fsp3) is 0.375. The summed E-state index contributed by atoms with van der Waals surface area (Å²) in [7, 11) is 0. The number of aliphatic hydroxyl groups excluding tert-OH is 1. The molecule has 2 heterocycles. The molecule has 158 valence electrons. The molecule has 0 unspecified atom stereocenters. The molecule has 1 amide bonds. The number of amides is 1. The van der Waals surface area contributed by atoms with Crippen molar-refractivity contribution >= 4 is 17.4 Å². The molecule has 6 heteroatoms. The van der Waals surface area contributed by atoms with Crippen LogP contribution in [0.5, 0.6) is 0 Å². The first-order valence-corrected chi connectivity index (χ1v) is 10.6. The van der Waals surface area contributed by atoms with E-state index in [1.54, 1.807) is 35.4 Å². The van der Waals surface area contributed by atoms with Gasteiger partial charge in [-0.25, -0.2) is 0 Å². The van der Waals surface area contributed by atoms with Crippen LogP contribution in [0.3, 0.4) is 0 Å². The second kappa shape index (κ2) is 9.67. The van der Waals surface area contributed by atoms with Crippen LogP contribution in [0.1, 0.15) is 43.1 Å². The lowest BCUT2D eigenvalue weighted by atomic mass is 9.98. The molecule has 0 aliphatic carbocycles. The van der Waals surface area contributed by atoms with Crippen molar-refractivity contribution in [3.8, 4) is 0 Å². The Bertz CT molecular complexity index is 918. The minimum Gasteiger partial charge on any atom is -0.507 e. The molecule has 1 aromatic heterocycles. The normalized spacial score (nSPS) is 18.4. The number of carbonyl (C=O) groups excluding carboxylic acids is 2. The molecule has 0 radical (unpaired) electrons. The van der Waals surface area contributed by atoms with Gasteiger partial charge >= 0.3 is 0 Å². The van der Waals surface area contributed by atoms with Crippen LogP contribution in [0.2, 0.25) is 0 Å². The lowest BCUT2D eigenvalue weighted by Gasteiger charge is -2.25. The van der Waals surface area contributed by atoms with Crippen molar-refractivity contribution in [3.05, 3.63) is 71.1 Å². The molecule has 30 heavy (non-hydrogen) atoms. The number of carbonyl (C=O) groups is 2. The van der Waals surface area contributed by atoms with Crippen LogP contribution in [0, 0.1) is 6.92 Å². The van der Waals surface area contributed by atoms with E-state index in [9.17, 15) is 14.7 Å². The van der Waals surface area contributed by atoms with Gasteiger partial charge < -0.3 is 14.9 Å². The van der Waals surface area contributed by atoms with Gasteiger partial charge in [0.25, 0.3) is 11.7 Å². The fourth-order valence-corrected chi connectivity index (χ4v) is 3.93. The first kappa shape index (κ1) is 21.7. The van der Waals surface area contributed by atoms with Crippen molar-refractivity contribution in [2.75, 3.05) is 26.2 Å². The molecular formula is C24H30N3O3+. The van der Waals surface area contributed by atoms with Crippen LogP contribution in [0.15, 0.2) is 54.2 Å². The van der Waals surface area contributed by atoms with Gasteiger partial charge in [0.15, 0.2) is 0 Å². The number of aliphatic hydroxyl groups is 1. The number of aromatic nitrogens is 1. The van der Waals surface area contributed by atoms with Gasteiger partial charge in [-0.3, -0.25) is 14.6 Å². The second-order valence-corrected chi connectivity index (χ2v) is 7.67. The molecular weight excluding hydrogens is 378 g/mol. The zero-order valence-electron chi connectivity index (χ0n) is 17.9. The maximum Gasteiger partial charge on any atom is 0.295 e. The standard InChI is InChI=1S/C24H29N3O3/c1-4-26(5-2)15-8-16-27-21(19-9-6-7-14-25-19)20(23(29)24(27)30)22(28)18-12-10-17(3)11-13-18/h6-7,9-14,21,28H,4-5,8,15-16H2,1-3H3/p+1/b22-20-/t21-/m0/s1. The van der Waals surface area contributed by atoms with Gasteiger partial charge in [0, 0.05) is 24.7 Å². The number of nitrogens with zero attached hydrogens (tertiary/aromatic N) is 2. The van der Waals surface area contributed by atoms with Crippen LogP contribution in [0.4, 0.5) is 0 Å². The monoisotopic (exact) mass is 408 g/mol. The number of hydrogen-bond donors (Lipinski definition) is 2. The third-order valence-electron chi connectivity index (χ3n) is 5.76. The number of benzene rings is 1. The predicted octanol–water partition coefficient (Wildman–Crippen LogP) is 2.13. The molecule has 1 fully saturated rings. The van der Waals surface area contributed by atoms with E-state index in [4.69, 9.17) is 0 Å². The molecule has 1 aromatic carbocycles. The van der Waals surface area contributed by atoms with E-state index in [-0.39, 0.29) is 11.3 Å². The van der Waals surface area contributed by atoms with Gasteiger partial charge in [-0.15, -0.1) is 0 Å². The minimum absolute atomic E-state index is 0.109. The number of pyridine rings is 1. The summed E-state index contributed by atoms with van der Waals surface area (Å²) in [6, 6.07) is 12.0. The van der Waals surface area contributed by atoms with Crippen LogP contribution < -0.4 is 4.90 Å². The molecule has 1 aliphatic rings. The van der Waals surface area contributed by atoms with E-state index >= 15 is 0 Å². The van der Waals surface area contributed by atoms with Crippen LogP contribution in [-0.2, 0) is 9.59 Å². The second-order valence-electron chi connectivity index (χ2n) is 7.67. The quantitative estimate of drug-likeness (QED) is 0.399. The van der Waals surface area contributed by atoms with E-state index in [2.05, 4.69) is 18.8 Å². The molecule has 2 aromatic rings. The van der Waals surface area contributed by atoms with E-state index in [0.29, 0.717) is 17.8 Å². The Morgan fingerprint density at radius 1 is 1.10 bits per heavy atom. The Labute approximate surface area is 177 Å². The average Bonchev–Trinajstić information content (AvgIpc) is 3.02. The molecule has 6 nitrogen and oxygen atoms in total. The number of rotatable bonds is 8. The summed E-state index contributed by atoms with van der Waals surface area (Å²) >= 11 is 0. The van der Waals surface area contributed by atoms with Gasteiger partial charge in [0.2, 0.25) is 0 Å². The predicted molar refractivity (Wildman–Crippen MR) is 116 cm³/mol. The molecule has 0 bridgehead atoms. The number of likely N-dealkylation sites (tertiary alicyclic amines) is 1. The first-order valence-electron chi connectivity index (χ1n) is 10.6. The highest BCUT2D eigenvalue weighted by atomic mass is 16.3. The van der Waals surface area contributed by atoms with Gasteiger partial charge in [0.1, 0.15) is 11.8 Å². The highest BCUT2D eigenvalue weighted by molar-refractivity contribution is 6.46. The van der Waals surface area contributed by atoms with E-state index in [1.165, 1.54) is 4.90 Å². The van der Waals surface area contributed by atoms with Crippen LogP contribution in [-0.4, -0.2) is 52.9 Å². The Balaban J connectivity index is 1.99. The van der Waals surface area contributed by atoms with Gasteiger partial charge in [0.05, 0.1) is 30.9 Å². The summed E-state index contributed by atoms with van der Waals surface area (Å²) in [5.74, 6) is -1.38. The maximum atomic E-state index is 12.9. The molecule has 1 aliphatic heterocycles. The van der Waals surface area contributed by atoms with Crippen molar-refractivity contribution < 1.29 is 19.6 Å². The summed E-state index contributed by atoms with van der Waals surface area (Å²) in [6.45, 7) is 9.64. The zero-order valence-corrected chi connectivity index (χ0v) is 17.9. The Kier molecular flexibility index (Phi) is 7.00. The van der Waals surface area contributed by atoms with Crippen molar-refractivity contribution in [2.24, 2.45) is 0 Å². The number of quaternary nitrogens is 1. The number of aryl methyl sites for hydroxylation is 1. The highest BCUT2D eigenvalue weighted by Crippen LogP contribution is 2.38. The van der Waals surface area contributed by atoms with Crippen LogP contribution >= 0.6 is 0 Å². The Morgan fingerprint density at radius 3 is 2.40 bits per heavy atom. The number of hydrogen-bond acceptors (Lipinski definition) is 4. The van der Waals surface area contributed by atoms with Gasteiger partial charge in [-0.05, 0) is 32.9 Å². The summed E-state index contributed by atoms with van der Waals surface area (Å²) in [6.07, 6.45) is 2.42. The molecule has 1 saturated heterocycles. The summed E-state index contributed by atoms with van der Waals surface area (Å²) < 4.78 is 0. The largest absolute Gasteiger partial charge is 0.507 e. The van der Waals surface area contributed by atoms with E-state index in [1.807, 2.05) is 25.1 Å². The van der Waals surface area contributed by atoms with Gasteiger partial charge in [-0.2, -0.15) is 0 Å². The number of Topliss-reactive ketones (excluding diaryl/α,β-unsaturated/α-hetero) is 1. The van der Waals surface area contributed by atoms with Crippen LogP contribution in [0.25, 0.3) is 5.76 Å². The minimum atomic E-state index is -0.681. The van der Waals surface area contributed by atoms with Gasteiger partial charge in [-0.1, -0.05) is 35.9 Å². The fourth-order valence-electron chi connectivity index (χ4n) is 3.93. The smallest absolute Gasteiger partial charge is 0.295 e. The average molecular weight is 409 g/mol. The van der Waals surface area contributed by atoms with Crippen molar-refractivity contribution in [1.29, 1.82) is 0 Å².